The molecule has 0 aliphatic carbocycles. The van der Waals surface area contributed by atoms with Gasteiger partial charge in [0.15, 0.2) is 0 Å². The first-order valence-corrected chi connectivity index (χ1v) is 9.73. The van der Waals surface area contributed by atoms with Crippen LogP contribution in [0.1, 0.15) is 65.2 Å². The van der Waals surface area contributed by atoms with Crippen molar-refractivity contribution >= 4 is 21.6 Å². The normalized spacial score (nSPS) is 13.6. The number of nitrogens with one attached hydrogen (secondary N) is 1. The van der Waals surface area contributed by atoms with Crippen molar-refractivity contribution in [2.45, 2.75) is 65.2 Å². The van der Waals surface area contributed by atoms with Crippen molar-refractivity contribution in [2.24, 2.45) is 5.92 Å². The number of unbranched alkanes of at least 4 members (excludes halogenated alkanes) is 7. The molecule has 1 unspecified atom stereocenters. The van der Waals surface area contributed by atoms with Crippen molar-refractivity contribution in [3.8, 4) is 0 Å². The predicted molar refractivity (Wildman–Crippen MR) is 84.3 cm³/mol. The fourth-order valence-electron chi connectivity index (χ4n) is 1.96. The SMILES string of the molecule is CCCCCCCCCCNS(=O)(=O)CC(C)CCl. The fourth-order valence-corrected chi connectivity index (χ4v) is 3.64. The number of halogens is 1. The van der Waals surface area contributed by atoms with E-state index in [9.17, 15) is 8.42 Å². The van der Waals surface area contributed by atoms with Crippen LogP contribution in [0, 0.1) is 5.92 Å². The average molecular weight is 312 g/mol. The Morgan fingerprint density at radius 3 is 2.05 bits per heavy atom. The van der Waals surface area contributed by atoms with Gasteiger partial charge < -0.3 is 0 Å². The van der Waals surface area contributed by atoms with E-state index in [2.05, 4.69) is 11.6 Å². The Bertz CT molecular complexity index is 294. The molecule has 0 aromatic rings. The summed E-state index contributed by atoms with van der Waals surface area (Å²) >= 11 is 5.62. The summed E-state index contributed by atoms with van der Waals surface area (Å²) in [4.78, 5) is 0. The Labute approximate surface area is 124 Å². The van der Waals surface area contributed by atoms with Gasteiger partial charge in [-0.2, -0.15) is 0 Å². The van der Waals surface area contributed by atoms with Crippen LogP contribution in [0.4, 0.5) is 0 Å². The number of rotatable bonds is 13. The summed E-state index contributed by atoms with van der Waals surface area (Å²) in [6.45, 7) is 4.63. The van der Waals surface area contributed by atoms with Gasteiger partial charge >= 0.3 is 0 Å². The van der Waals surface area contributed by atoms with Gasteiger partial charge in [-0.25, -0.2) is 13.1 Å². The van der Waals surface area contributed by atoms with E-state index < -0.39 is 10.0 Å². The molecule has 0 saturated heterocycles. The summed E-state index contributed by atoms with van der Waals surface area (Å²) in [7, 11) is -3.13. The maximum Gasteiger partial charge on any atom is 0.211 e. The predicted octanol–water partition coefficient (Wildman–Crippen LogP) is 3.92. The Balaban J connectivity index is 3.43. The van der Waals surface area contributed by atoms with Crippen LogP contribution in [0.5, 0.6) is 0 Å². The zero-order valence-electron chi connectivity index (χ0n) is 12.5. The minimum atomic E-state index is -3.13. The molecule has 0 amide bonds. The lowest BCUT2D eigenvalue weighted by Crippen LogP contribution is -2.30. The van der Waals surface area contributed by atoms with E-state index in [0.29, 0.717) is 12.4 Å². The highest BCUT2D eigenvalue weighted by atomic mass is 35.5. The maximum absolute atomic E-state index is 11.6. The fraction of sp³-hybridized carbons (Fsp3) is 1.00. The topological polar surface area (TPSA) is 46.2 Å². The van der Waals surface area contributed by atoms with Crippen molar-refractivity contribution < 1.29 is 8.42 Å². The van der Waals surface area contributed by atoms with Crippen molar-refractivity contribution in [3.63, 3.8) is 0 Å². The van der Waals surface area contributed by atoms with Crippen molar-refractivity contribution in [2.75, 3.05) is 18.2 Å². The highest BCUT2D eigenvalue weighted by Gasteiger charge is 2.13. The van der Waals surface area contributed by atoms with Gasteiger partial charge in [0, 0.05) is 12.4 Å². The molecule has 1 atom stereocenters. The largest absolute Gasteiger partial charge is 0.215 e. The summed E-state index contributed by atoms with van der Waals surface area (Å²) in [6.07, 6.45) is 9.79. The Morgan fingerprint density at radius 2 is 1.53 bits per heavy atom. The van der Waals surface area contributed by atoms with Crippen molar-refractivity contribution in [1.29, 1.82) is 0 Å². The zero-order chi connectivity index (χ0) is 14.6. The molecule has 0 saturated carbocycles. The summed E-state index contributed by atoms with van der Waals surface area (Å²) in [5, 5.41) is 0. The molecule has 3 nitrogen and oxygen atoms in total. The highest BCUT2D eigenvalue weighted by Crippen LogP contribution is 2.08. The molecule has 116 valence electrons. The molecule has 0 aromatic carbocycles. The molecular formula is C14H30ClNO2S. The zero-order valence-corrected chi connectivity index (χ0v) is 14.0. The van der Waals surface area contributed by atoms with Crippen LogP contribution in [-0.2, 0) is 10.0 Å². The second-order valence-corrected chi connectivity index (χ2v) is 7.57. The van der Waals surface area contributed by atoms with E-state index in [4.69, 9.17) is 11.6 Å². The summed E-state index contributed by atoms with van der Waals surface area (Å²) < 4.78 is 25.9. The van der Waals surface area contributed by atoms with E-state index in [0.717, 1.165) is 12.8 Å². The monoisotopic (exact) mass is 311 g/mol. The molecule has 0 aliphatic heterocycles. The van der Waals surface area contributed by atoms with Crippen molar-refractivity contribution in [1.82, 2.24) is 4.72 Å². The third-order valence-electron chi connectivity index (χ3n) is 3.12. The van der Waals surface area contributed by atoms with Crippen molar-refractivity contribution in [3.05, 3.63) is 0 Å². The lowest BCUT2D eigenvalue weighted by molar-refractivity contribution is 0.552. The smallest absolute Gasteiger partial charge is 0.211 e. The van der Waals surface area contributed by atoms with Gasteiger partial charge in [0.2, 0.25) is 10.0 Å². The standard InChI is InChI=1S/C14H30ClNO2S/c1-3-4-5-6-7-8-9-10-11-16-19(17,18)13-14(2)12-15/h14,16H,3-13H2,1-2H3. The molecule has 0 rings (SSSR count). The number of alkyl halides is 1. The molecule has 0 spiro atoms. The first-order valence-electron chi connectivity index (χ1n) is 7.55. The number of hydrogen-bond donors (Lipinski definition) is 1. The molecule has 0 heterocycles. The van der Waals surface area contributed by atoms with Crippen LogP contribution >= 0.6 is 11.6 Å². The van der Waals surface area contributed by atoms with Gasteiger partial charge in [0.25, 0.3) is 0 Å². The molecule has 19 heavy (non-hydrogen) atoms. The maximum atomic E-state index is 11.6. The van der Waals surface area contributed by atoms with Gasteiger partial charge in [-0.1, -0.05) is 58.8 Å². The van der Waals surface area contributed by atoms with Gasteiger partial charge in [-0.15, -0.1) is 11.6 Å². The van der Waals surface area contributed by atoms with E-state index in [-0.39, 0.29) is 11.7 Å². The minimum absolute atomic E-state index is 0.0118. The summed E-state index contributed by atoms with van der Waals surface area (Å²) in [6, 6.07) is 0. The Kier molecular flexibility index (Phi) is 12.1. The van der Waals surface area contributed by atoms with E-state index >= 15 is 0 Å². The first kappa shape index (κ1) is 19.2. The van der Waals surface area contributed by atoms with Crippen LogP contribution in [-0.4, -0.2) is 26.6 Å². The molecule has 0 aromatic heterocycles. The van der Waals surface area contributed by atoms with Gasteiger partial charge in [-0.05, 0) is 12.3 Å². The number of hydrogen-bond acceptors (Lipinski definition) is 2. The first-order chi connectivity index (χ1) is 9.02. The highest BCUT2D eigenvalue weighted by molar-refractivity contribution is 7.89. The van der Waals surface area contributed by atoms with Crippen LogP contribution in [0.3, 0.4) is 0 Å². The molecule has 0 radical (unpaired) electrons. The minimum Gasteiger partial charge on any atom is -0.215 e. The van der Waals surface area contributed by atoms with Crippen LogP contribution in [0.25, 0.3) is 0 Å². The third-order valence-corrected chi connectivity index (χ3v) is 5.30. The second kappa shape index (κ2) is 12.0. The lowest BCUT2D eigenvalue weighted by Gasteiger charge is -2.09. The summed E-state index contributed by atoms with van der Waals surface area (Å²) in [5.74, 6) is 0.532. The third kappa shape index (κ3) is 13.0. The lowest BCUT2D eigenvalue weighted by atomic mass is 10.1. The summed E-state index contributed by atoms with van der Waals surface area (Å²) in [5.41, 5.74) is 0. The Hall–Kier alpha value is 0.200. The van der Waals surface area contributed by atoms with E-state index in [1.165, 1.54) is 38.5 Å². The van der Waals surface area contributed by atoms with Crippen LogP contribution in [0.2, 0.25) is 0 Å². The second-order valence-electron chi connectivity index (χ2n) is 5.41. The van der Waals surface area contributed by atoms with E-state index in [1.54, 1.807) is 0 Å². The molecule has 0 aliphatic rings. The average Bonchev–Trinajstić information content (AvgIpc) is 2.36. The van der Waals surface area contributed by atoms with Gasteiger partial charge in [0.05, 0.1) is 5.75 Å². The molecular weight excluding hydrogens is 282 g/mol. The number of sulfonamides is 1. The molecule has 0 fully saturated rings. The molecule has 5 heteroatoms. The van der Waals surface area contributed by atoms with Crippen LogP contribution in [0.15, 0.2) is 0 Å². The van der Waals surface area contributed by atoms with Crippen LogP contribution < -0.4 is 4.72 Å². The Morgan fingerprint density at radius 1 is 1.00 bits per heavy atom. The van der Waals surface area contributed by atoms with Gasteiger partial charge in [-0.3, -0.25) is 0 Å². The molecule has 0 bridgehead atoms. The molecule has 1 N–H and O–H groups in total. The van der Waals surface area contributed by atoms with E-state index in [1.807, 2.05) is 6.92 Å². The van der Waals surface area contributed by atoms with Gasteiger partial charge in [0.1, 0.15) is 0 Å². The quantitative estimate of drug-likeness (QED) is 0.414.